The SMILES string of the molecule is COC(=O)c1ccc2nc(C)nc(NCc3cccc(Cl)c3)c2c1. The van der Waals surface area contributed by atoms with Gasteiger partial charge in [0.1, 0.15) is 11.6 Å². The zero-order valence-electron chi connectivity index (χ0n) is 13.3. The fourth-order valence-electron chi connectivity index (χ4n) is 2.46. The van der Waals surface area contributed by atoms with Crippen molar-refractivity contribution in [2.45, 2.75) is 13.5 Å². The van der Waals surface area contributed by atoms with E-state index in [1.165, 1.54) is 7.11 Å². The second-order valence-electron chi connectivity index (χ2n) is 5.33. The van der Waals surface area contributed by atoms with E-state index in [9.17, 15) is 4.79 Å². The number of hydrogen-bond acceptors (Lipinski definition) is 5. The van der Waals surface area contributed by atoms with Crippen LogP contribution in [0.3, 0.4) is 0 Å². The first-order chi connectivity index (χ1) is 11.6. The summed E-state index contributed by atoms with van der Waals surface area (Å²) in [5.41, 5.74) is 2.27. The van der Waals surface area contributed by atoms with E-state index in [0.29, 0.717) is 28.8 Å². The smallest absolute Gasteiger partial charge is 0.337 e. The van der Waals surface area contributed by atoms with Crippen LogP contribution in [0.15, 0.2) is 42.5 Å². The Morgan fingerprint density at radius 2 is 2.04 bits per heavy atom. The molecule has 0 unspecified atom stereocenters. The molecule has 0 atom stereocenters. The number of benzene rings is 2. The van der Waals surface area contributed by atoms with Crippen LogP contribution in [0.4, 0.5) is 5.82 Å². The summed E-state index contributed by atoms with van der Waals surface area (Å²) in [6.45, 7) is 2.40. The zero-order valence-corrected chi connectivity index (χ0v) is 14.1. The summed E-state index contributed by atoms with van der Waals surface area (Å²) in [7, 11) is 1.36. The van der Waals surface area contributed by atoms with Crippen molar-refractivity contribution in [3.8, 4) is 0 Å². The van der Waals surface area contributed by atoms with Crippen LogP contribution >= 0.6 is 11.6 Å². The normalized spacial score (nSPS) is 10.6. The minimum atomic E-state index is -0.390. The molecule has 6 heteroatoms. The molecule has 0 radical (unpaired) electrons. The molecule has 24 heavy (non-hydrogen) atoms. The van der Waals surface area contributed by atoms with Gasteiger partial charge in [0.05, 0.1) is 18.2 Å². The van der Waals surface area contributed by atoms with E-state index >= 15 is 0 Å². The first-order valence-corrected chi connectivity index (χ1v) is 7.79. The zero-order chi connectivity index (χ0) is 17.1. The summed E-state index contributed by atoms with van der Waals surface area (Å²) < 4.78 is 4.78. The molecule has 1 aromatic heterocycles. The molecule has 0 aliphatic heterocycles. The van der Waals surface area contributed by atoms with Gasteiger partial charge in [-0.1, -0.05) is 23.7 Å². The lowest BCUT2D eigenvalue weighted by Gasteiger charge is -2.11. The summed E-state index contributed by atoms with van der Waals surface area (Å²) in [4.78, 5) is 20.6. The molecule has 0 spiro atoms. The number of carbonyl (C=O) groups is 1. The van der Waals surface area contributed by atoms with Crippen LogP contribution in [-0.2, 0) is 11.3 Å². The molecule has 1 heterocycles. The van der Waals surface area contributed by atoms with Crippen molar-refractivity contribution in [2.75, 3.05) is 12.4 Å². The van der Waals surface area contributed by atoms with Gasteiger partial charge in [0.2, 0.25) is 0 Å². The number of hydrogen-bond donors (Lipinski definition) is 1. The summed E-state index contributed by atoms with van der Waals surface area (Å²) >= 11 is 6.01. The van der Waals surface area contributed by atoms with Gasteiger partial charge in [0, 0.05) is 17.0 Å². The molecular weight excluding hydrogens is 326 g/mol. The Kier molecular flexibility index (Phi) is 4.62. The van der Waals surface area contributed by atoms with Crippen molar-refractivity contribution in [2.24, 2.45) is 0 Å². The van der Waals surface area contributed by atoms with E-state index in [2.05, 4.69) is 15.3 Å². The molecule has 0 saturated carbocycles. The number of nitrogens with zero attached hydrogens (tertiary/aromatic N) is 2. The Morgan fingerprint density at radius 3 is 2.79 bits per heavy atom. The molecule has 0 amide bonds. The highest BCUT2D eigenvalue weighted by Crippen LogP contribution is 2.23. The monoisotopic (exact) mass is 341 g/mol. The molecule has 1 N–H and O–H groups in total. The molecule has 122 valence electrons. The second-order valence-corrected chi connectivity index (χ2v) is 5.76. The van der Waals surface area contributed by atoms with Gasteiger partial charge in [-0.2, -0.15) is 0 Å². The number of carbonyl (C=O) groups excluding carboxylic acids is 1. The Labute approximate surface area is 144 Å². The summed E-state index contributed by atoms with van der Waals surface area (Å²) in [5, 5.41) is 4.75. The third kappa shape index (κ3) is 3.46. The van der Waals surface area contributed by atoms with E-state index in [1.807, 2.05) is 31.2 Å². The van der Waals surface area contributed by atoms with Gasteiger partial charge in [-0.05, 0) is 42.8 Å². The lowest BCUT2D eigenvalue weighted by molar-refractivity contribution is 0.0601. The number of fused-ring (bicyclic) bond motifs is 1. The van der Waals surface area contributed by atoms with Gasteiger partial charge in [-0.25, -0.2) is 14.8 Å². The van der Waals surface area contributed by atoms with Crippen molar-refractivity contribution in [3.05, 3.63) is 64.4 Å². The number of rotatable bonds is 4. The number of anilines is 1. The Morgan fingerprint density at radius 1 is 1.21 bits per heavy atom. The molecule has 0 bridgehead atoms. The van der Waals surface area contributed by atoms with Crippen LogP contribution < -0.4 is 5.32 Å². The lowest BCUT2D eigenvalue weighted by atomic mass is 10.1. The quantitative estimate of drug-likeness (QED) is 0.727. The van der Waals surface area contributed by atoms with E-state index in [0.717, 1.165) is 16.5 Å². The minimum Gasteiger partial charge on any atom is -0.465 e. The van der Waals surface area contributed by atoms with Gasteiger partial charge in [-0.3, -0.25) is 0 Å². The molecule has 5 nitrogen and oxygen atoms in total. The first kappa shape index (κ1) is 16.2. The second kappa shape index (κ2) is 6.84. The van der Waals surface area contributed by atoms with E-state index in [4.69, 9.17) is 16.3 Å². The third-order valence-electron chi connectivity index (χ3n) is 3.58. The number of aromatic nitrogens is 2. The predicted molar refractivity (Wildman–Crippen MR) is 94.4 cm³/mol. The molecule has 0 aliphatic carbocycles. The lowest BCUT2D eigenvalue weighted by Crippen LogP contribution is -2.06. The van der Waals surface area contributed by atoms with Crippen LogP contribution in [0.2, 0.25) is 5.02 Å². The Balaban J connectivity index is 1.97. The summed E-state index contributed by atoms with van der Waals surface area (Å²) in [6.07, 6.45) is 0. The number of aryl methyl sites for hydroxylation is 1. The fraction of sp³-hybridized carbons (Fsp3) is 0.167. The van der Waals surface area contributed by atoms with E-state index < -0.39 is 5.97 Å². The molecule has 0 fully saturated rings. The van der Waals surface area contributed by atoms with E-state index in [1.54, 1.807) is 18.2 Å². The highest BCUT2D eigenvalue weighted by molar-refractivity contribution is 6.30. The summed E-state index contributed by atoms with van der Waals surface area (Å²) in [5.74, 6) is 0.934. The number of esters is 1. The van der Waals surface area contributed by atoms with Gasteiger partial charge >= 0.3 is 5.97 Å². The molecule has 0 aliphatic rings. The molecule has 2 aromatic carbocycles. The van der Waals surface area contributed by atoms with Crippen molar-refractivity contribution in [1.29, 1.82) is 0 Å². The number of methoxy groups -OCH3 is 1. The highest BCUT2D eigenvalue weighted by atomic mass is 35.5. The van der Waals surface area contributed by atoms with Crippen LogP contribution in [0.1, 0.15) is 21.7 Å². The highest BCUT2D eigenvalue weighted by Gasteiger charge is 2.11. The standard InChI is InChI=1S/C18H16ClN3O2/c1-11-21-16-7-6-13(18(23)24-2)9-15(16)17(22-11)20-10-12-4-3-5-14(19)8-12/h3-9H,10H2,1-2H3,(H,20,21,22). The van der Waals surface area contributed by atoms with Gasteiger partial charge < -0.3 is 10.1 Å². The van der Waals surface area contributed by atoms with Crippen molar-refractivity contribution >= 4 is 34.3 Å². The van der Waals surface area contributed by atoms with Gasteiger partial charge in [0.15, 0.2) is 0 Å². The number of halogens is 1. The predicted octanol–water partition coefficient (Wildman–Crippen LogP) is 3.99. The summed E-state index contributed by atoms with van der Waals surface area (Å²) in [6, 6.07) is 12.8. The average molecular weight is 342 g/mol. The van der Waals surface area contributed by atoms with Crippen molar-refractivity contribution in [3.63, 3.8) is 0 Å². The number of ether oxygens (including phenoxy) is 1. The minimum absolute atomic E-state index is 0.390. The van der Waals surface area contributed by atoms with Gasteiger partial charge in [-0.15, -0.1) is 0 Å². The fourth-order valence-corrected chi connectivity index (χ4v) is 2.67. The largest absolute Gasteiger partial charge is 0.465 e. The van der Waals surface area contributed by atoms with Crippen LogP contribution in [0.25, 0.3) is 10.9 Å². The maximum Gasteiger partial charge on any atom is 0.337 e. The molecule has 3 aromatic rings. The van der Waals surface area contributed by atoms with Crippen molar-refractivity contribution in [1.82, 2.24) is 9.97 Å². The molecule has 3 rings (SSSR count). The van der Waals surface area contributed by atoms with E-state index in [-0.39, 0.29) is 0 Å². The van der Waals surface area contributed by atoms with Crippen LogP contribution in [0, 0.1) is 6.92 Å². The topological polar surface area (TPSA) is 64.1 Å². The maximum absolute atomic E-state index is 11.8. The molecule has 0 saturated heterocycles. The van der Waals surface area contributed by atoms with Gasteiger partial charge in [0.25, 0.3) is 0 Å². The van der Waals surface area contributed by atoms with Crippen LogP contribution in [0.5, 0.6) is 0 Å². The third-order valence-corrected chi connectivity index (χ3v) is 3.81. The molecular formula is C18H16ClN3O2. The maximum atomic E-state index is 11.8. The first-order valence-electron chi connectivity index (χ1n) is 7.42. The number of nitrogens with one attached hydrogen (secondary N) is 1. The van der Waals surface area contributed by atoms with Crippen molar-refractivity contribution < 1.29 is 9.53 Å². The van der Waals surface area contributed by atoms with Crippen LogP contribution in [-0.4, -0.2) is 23.0 Å². The Hall–Kier alpha value is -2.66. The average Bonchev–Trinajstić information content (AvgIpc) is 2.58. The Bertz CT molecular complexity index is 912.